The van der Waals surface area contributed by atoms with Gasteiger partial charge in [0, 0.05) is 12.1 Å². The SMILES string of the molecule is NC(=O)c1ccc(-n2nnn(CCCCC3CCC3)c2=O)cc1. The van der Waals surface area contributed by atoms with Crippen molar-refractivity contribution in [3.63, 3.8) is 0 Å². The van der Waals surface area contributed by atoms with Crippen LogP contribution in [0.3, 0.4) is 0 Å². The first kappa shape index (κ1) is 15.5. The Morgan fingerprint density at radius 2 is 1.91 bits per heavy atom. The predicted octanol–water partition coefficient (Wildman–Crippen LogP) is 1.50. The van der Waals surface area contributed by atoms with Crippen LogP contribution in [-0.2, 0) is 6.54 Å². The van der Waals surface area contributed by atoms with Crippen molar-refractivity contribution in [2.75, 3.05) is 0 Å². The number of aromatic nitrogens is 4. The van der Waals surface area contributed by atoms with E-state index >= 15 is 0 Å². The van der Waals surface area contributed by atoms with Gasteiger partial charge in [-0.2, -0.15) is 9.36 Å². The van der Waals surface area contributed by atoms with Crippen molar-refractivity contribution >= 4 is 5.91 Å². The second-order valence-electron chi connectivity index (χ2n) is 6.10. The van der Waals surface area contributed by atoms with E-state index in [4.69, 9.17) is 5.73 Å². The highest BCUT2D eigenvalue weighted by Crippen LogP contribution is 2.30. The van der Waals surface area contributed by atoms with Crippen molar-refractivity contribution in [3.8, 4) is 5.69 Å². The summed E-state index contributed by atoms with van der Waals surface area (Å²) in [7, 11) is 0. The summed E-state index contributed by atoms with van der Waals surface area (Å²) in [5.41, 5.74) is 5.90. The van der Waals surface area contributed by atoms with E-state index in [0.717, 1.165) is 18.8 Å². The number of carbonyl (C=O) groups is 1. The molecule has 0 bridgehead atoms. The van der Waals surface area contributed by atoms with E-state index in [-0.39, 0.29) is 5.69 Å². The molecule has 0 spiro atoms. The Hall–Kier alpha value is -2.44. The molecule has 1 aromatic heterocycles. The molecule has 0 atom stereocenters. The van der Waals surface area contributed by atoms with Crippen molar-refractivity contribution < 1.29 is 4.79 Å². The minimum absolute atomic E-state index is 0.263. The van der Waals surface area contributed by atoms with Crippen LogP contribution in [0, 0.1) is 5.92 Å². The van der Waals surface area contributed by atoms with E-state index in [2.05, 4.69) is 10.4 Å². The van der Waals surface area contributed by atoms with Gasteiger partial charge in [-0.3, -0.25) is 4.79 Å². The van der Waals surface area contributed by atoms with Crippen LogP contribution in [0.2, 0.25) is 0 Å². The van der Waals surface area contributed by atoms with Gasteiger partial charge in [0.25, 0.3) is 0 Å². The van der Waals surface area contributed by atoms with Crippen molar-refractivity contribution in [2.45, 2.75) is 45.1 Å². The van der Waals surface area contributed by atoms with Crippen LogP contribution < -0.4 is 11.4 Å². The van der Waals surface area contributed by atoms with Crippen LogP contribution in [0.1, 0.15) is 48.9 Å². The highest BCUT2D eigenvalue weighted by atomic mass is 16.2. The summed E-state index contributed by atoms with van der Waals surface area (Å²) in [5.74, 6) is 0.394. The highest BCUT2D eigenvalue weighted by molar-refractivity contribution is 5.92. The van der Waals surface area contributed by atoms with E-state index in [0.29, 0.717) is 17.8 Å². The lowest BCUT2D eigenvalue weighted by Gasteiger charge is -2.24. The number of primary amides is 1. The third-order valence-corrected chi connectivity index (χ3v) is 4.49. The van der Waals surface area contributed by atoms with E-state index in [1.807, 2.05) is 0 Å². The fourth-order valence-electron chi connectivity index (χ4n) is 2.82. The van der Waals surface area contributed by atoms with Crippen LogP contribution in [0.4, 0.5) is 0 Å². The van der Waals surface area contributed by atoms with Gasteiger partial charge in [-0.05, 0) is 47.0 Å². The molecular weight excluding hydrogens is 294 g/mol. The number of nitrogens with two attached hydrogens (primary N) is 1. The van der Waals surface area contributed by atoms with Crippen LogP contribution in [0.15, 0.2) is 29.1 Å². The molecule has 1 amide bonds. The standard InChI is InChI=1S/C16H21N5O2/c17-15(22)13-7-9-14(10-8-13)21-16(23)20(18-19-21)11-2-1-4-12-5-3-6-12/h7-10,12H,1-6,11H2,(H2,17,22). The predicted molar refractivity (Wildman–Crippen MR) is 85.3 cm³/mol. The average Bonchev–Trinajstić information content (AvgIpc) is 2.86. The highest BCUT2D eigenvalue weighted by Gasteiger charge is 2.16. The third-order valence-electron chi connectivity index (χ3n) is 4.49. The molecule has 1 aliphatic carbocycles. The van der Waals surface area contributed by atoms with Crippen molar-refractivity contribution in [1.29, 1.82) is 0 Å². The summed E-state index contributed by atoms with van der Waals surface area (Å²) >= 11 is 0. The first-order chi connectivity index (χ1) is 11.1. The molecule has 1 saturated carbocycles. The number of benzene rings is 1. The van der Waals surface area contributed by atoms with Crippen LogP contribution >= 0.6 is 0 Å². The first-order valence-corrected chi connectivity index (χ1v) is 8.08. The number of hydrogen-bond donors (Lipinski definition) is 1. The summed E-state index contributed by atoms with van der Waals surface area (Å²) in [6.07, 6.45) is 7.40. The van der Waals surface area contributed by atoms with Crippen molar-refractivity contribution in [2.24, 2.45) is 11.7 Å². The van der Waals surface area contributed by atoms with Gasteiger partial charge in [0.15, 0.2) is 0 Å². The van der Waals surface area contributed by atoms with Gasteiger partial charge in [-0.25, -0.2) is 4.79 Å². The van der Waals surface area contributed by atoms with Crippen LogP contribution in [0.25, 0.3) is 5.69 Å². The van der Waals surface area contributed by atoms with E-state index in [1.165, 1.54) is 35.0 Å². The van der Waals surface area contributed by atoms with Crippen LogP contribution in [-0.4, -0.2) is 25.7 Å². The molecule has 2 aromatic rings. The molecule has 7 heteroatoms. The second-order valence-corrected chi connectivity index (χ2v) is 6.10. The maximum atomic E-state index is 12.3. The normalized spacial score (nSPS) is 14.6. The van der Waals surface area contributed by atoms with E-state index < -0.39 is 5.91 Å². The molecule has 2 N–H and O–H groups in total. The average molecular weight is 315 g/mol. The molecule has 7 nitrogen and oxygen atoms in total. The largest absolute Gasteiger partial charge is 0.368 e. The fraction of sp³-hybridized carbons (Fsp3) is 0.500. The molecule has 0 radical (unpaired) electrons. The lowest BCUT2D eigenvalue weighted by atomic mass is 9.82. The summed E-state index contributed by atoms with van der Waals surface area (Å²) in [4.78, 5) is 23.4. The fourth-order valence-corrected chi connectivity index (χ4v) is 2.82. The molecule has 0 unspecified atom stereocenters. The Morgan fingerprint density at radius 3 is 2.52 bits per heavy atom. The molecule has 3 rings (SSSR count). The molecule has 1 aromatic carbocycles. The lowest BCUT2D eigenvalue weighted by Crippen LogP contribution is -2.24. The Kier molecular flexibility index (Phi) is 4.55. The quantitative estimate of drug-likeness (QED) is 0.783. The lowest BCUT2D eigenvalue weighted by molar-refractivity contribution is 0.100. The smallest absolute Gasteiger partial charge is 0.366 e. The number of unbranched alkanes of at least 4 members (excludes halogenated alkanes) is 1. The Bertz CT molecular complexity index is 728. The molecule has 23 heavy (non-hydrogen) atoms. The monoisotopic (exact) mass is 315 g/mol. The van der Waals surface area contributed by atoms with Crippen molar-refractivity contribution in [3.05, 3.63) is 40.3 Å². The van der Waals surface area contributed by atoms with Gasteiger partial charge in [0.1, 0.15) is 0 Å². The maximum absolute atomic E-state index is 12.3. The van der Waals surface area contributed by atoms with Gasteiger partial charge in [0.2, 0.25) is 5.91 Å². The number of nitrogens with zero attached hydrogens (tertiary/aromatic N) is 4. The zero-order chi connectivity index (χ0) is 16.2. The third kappa shape index (κ3) is 3.49. The molecule has 1 fully saturated rings. The molecular formula is C16H21N5O2. The van der Waals surface area contributed by atoms with Gasteiger partial charge in [-0.1, -0.05) is 32.1 Å². The first-order valence-electron chi connectivity index (χ1n) is 8.08. The number of rotatable bonds is 7. The molecule has 1 aliphatic rings. The zero-order valence-electron chi connectivity index (χ0n) is 13.0. The van der Waals surface area contributed by atoms with E-state index in [9.17, 15) is 9.59 Å². The van der Waals surface area contributed by atoms with Gasteiger partial charge < -0.3 is 5.73 Å². The number of aryl methyl sites for hydroxylation is 1. The molecule has 1 heterocycles. The Labute approximate surface area is 134 Å². The summed E-state index contributed by atoms with van der Waals surface area (Å²) in [6.45, 7) is 0.588. The van der Waals surface area contributed by atoms with Gasteiger partial charge >= 0.3 is 5.69 Å². The number of hydrogen-bond acceptors (Lipinski definition) is 4. The summed E-state index contributed by atoms with van der Waals surface area (Å²) < 4.78 is 2.62. The Balaban J connectivity index is 1.61. The van der Waals surface area contributed by atoms with Crippen molar-refractivity contribution in [1.82, 2.24) is 19.8 Å². The molecule has 0 saturated heterocycles. The maximum Gasteiger partial charge on any atom is 0.368 e. The van der Waals surface area contributed by atoms with Gasteiger partial charge in [0.05, 0.1) is 5.69 Å². The van der Waals surface area contributed by atoms with E-state index in [1.54, 1.807) is 24.3 Å². The number of carbonyl (C=O) groups excluding carboxylic acids is 1. The number of amides is 1. The summed E-state index contributed by atoms with van der Waals surface area (Å²) in [6, 6.07) is 6.41. The zero-order valence-corrected chi connectivity index (χ0v) is 13.0. The Morgan fingerprint density at radius 1 is 1.17 bits per heavy atom. The van der Waals surface area contributed by atoms with Crippen LogP contribution in [0.5, 0.6) is 0 Å². The number of tetrazole rings is 1. The summed E-state index contributed by atoms with van der Waals surface area (Å²) in [5, 5.41) is 7.83. The topological polar surface area (TPSA) is 95.8 Å². The molecule has 0 aliphatic heterocycles. The second kappa shape index (κ2) is 6.76. The van der Waals surface area contributed by atoms with Gasteiger partial charge in [-0.15, -0.1) is 0 Å². The molecule has 122 valence electrons. The minimum Gasteiger partial charge on any atom is -0.366 e. The minimum atomic E-state index is -0.501.